The number of aliphatic hydroxyl groups is 3. The Bertz CT molecular complexity index is 756. The molecule has 3 heterocycles. The third-order valence-electron chi connectivity index (χ3n) is 3.71. The molecule has 10 nitrogen and oxygen atoms in total. The Balaban J connectivity index is 2.20. The lowest BCUT2D eigenvalue weighted by atomic mass is 10.1. The highest BCUT2D eigenvalue weighted by atomic mass is 16.6. The van der Waals surface area contributed by atoms with Gasteiger partial charge in [0.05, 0.1) is 12.1 Å². The predicted octanol–water partition coefficient (Wildman–Crippen LogP) is -2.04. The molecule has 1 aliphatic rings. The van der Waals surface area contributed by atoms with Gasteiger partial charge in [0, 0.05) is 13.1 Å². The molecule has 3 rings (SSSR count). The Morgan fingerprint density at radius 2 is 2.23 bits per heavy atom. The number of fused-ring (bicyclic) bond motifs is 1. The summed E-state index contributed by atoms with van der Waals surface area (Å²) >= 11 is 0. The molecule has 0 aliphatic carbocycles. The molecular formula is C12H17N5O5. The lowest BCUT2D eigenvalue weighted by Gasteiger charge is -2.19. The van der Waals surface area contributed by atoms with Crippen LogP contribution in [0.5, 0.6) is 0 Å². The van der Waals surface area contributed by atoms with E-state index in [2.05, 4.69) is 15.3 Å². The molecule has 2 unspecified atom stereocenters. The number of nitrogens with one attached hydrogen (secondary N) is 2. The van der Waals surface area contributed by atoms with Gasteiger partial charge < -0.3 is 36.1 Å². The second kappa shape index (κ2) is 5.25. The molecule has 1 fully saturated rings. The van der Waals surface area contributed by atoms with Crippen molar-refractivity contribution in [1.29, 1.82) is 0 Å². The van der Waals surface area contributed by atoms with E-state index >= 15 is 0 Å². The summed E-state index contributed by atoms with van der Waals surface area (Å²) in [7, 11) is 1.59. The first-order valence-electron chi connectivity index (χ1n) is 6.69. The van der Waals surface area contributed by atoms with Gasteiger partial charge in [-0.1, -0.05) is 0 Å². The number of nitrogens with two attached hydrogens (primary N) is 1. The molecule has 0 spiro atoms. The second-order valence-electron chi connectivity index (χ2n) is 5.07. The molecule has 4 atom stereocenters. The second-order valence-corrected chi connectivity index (χ2v) is 5.07. The van der Waals surface area contributed by atoms with E-state index in [1.54, 1.807) is 7.05 Å². The molecule has 0 aromatic carbocycles. The van der Waals surface area contributed by atoms with Crippen LogP contribution < -0.4 is 16.6 Å². The number of nitrogens with zero attached hydrogens (tertiary/aromatic N) is 2. The molecule has 10 heteroatoms. The number of pyridine rings is 1. The fraction of sp³-hybridized carbons (Fsp3) is 0.500. The minimum absolute atomic E-state index is 0.122. The normalized spacial score (nSPS) is 28.4. The zero-order valence-corrected chi connectivity index (χ0v) is 11.7. The van der Waals surface area contributed by atoms with E-state index in [4.69, 9.17) is 10.5 Å². The average Bonchev–Trinajstić information content (AvgIpc) is 2.98. The van der Waals surface area contributed by atoms with Crippen LogP contribution in [0, 0.1) is 0 Å². The minimum atomic E-state index is -1.29. The van der Waals surface area contributed by atoms with Crippen molar-refractivity contribution < 1.29 is 20.1 Å². The van der Waals surface area contributed by atoms with E-state index in [9.17, 15) is 20.1 Å². The summed E-state index contributed by atoms with van der Waals surface area (Å²) in [6.45, 7) is -0.445. The van der Waals surface area contributed by atoms with Gasteiger partial charge in [0.15, 0.2) is 11.7 Å². The van der Waals surface area contributed by atoms with Gasteiger partial charge in [-0.25, -0.2) is 4.98 Å². The largest absolute Gasteiger partial charge is 0.394 e. The maximum atomic E-state index is 11.9. The molecule has 7 N–H and O–H groups in total. The van der Waals surface area contributed by atoms with Crippen LogP contribution in [0.4, 0.5) is 11.8 Å². The zero-order valence-electron chi connectivity index (χ0n) is 11.7. The molecule has 2 aromatic rings. The number of aromatic amines is 1. The fourth-order valence-electron chi connectivity index (χ4n) is 2.65. The summed E-state index contributed by atoms with van der Waals surface area (Å²) in [6.07, 6.45) is -4.49. The topological polar surface area (TPSA) is 159 Å². The van der Waals surface area contributed by atoms with E-state index in [0.29, 0.717) is 5.52 Å². The number of hydrogen-bond donors (Lipinski definition) is 6. The van der Waals surface area contributed by atoms with Gasteiger partial charge in [0.2, 0.25) is 5.95 Å². The highest BCUT2D eigenvalue weighted by Gasteiger charge is 2.44. The molecule has 1 saturated heterocycles. The van der Waals surface area contributed by atoms with Crippen LogP contribution in [0.25, 0.3) is 11.0 Å². The molecule has 0 amide bonds. The van der Waals surface area contributed by atoms with Crippen LogP contribution >= 0.6 is 0 Å². The third-order valence-corrected chi connectivity index (χ3v) is 3.71. The minimum Gasteiger partial charge on any atom is -0.394 e. The van der Waals surface area contributed by atoms with Gasteiger partial charge >= 0.3 is 0 Å². The third kappa shape index (κ3) is 2.04. The number of rotatable bonds is 3. The van der Waals surface area contributed by atoms with Gasteiger partial charge in [0.1, 0.15) is 24.1 Å². The van der Waals surface area contributed by atoms with Gasteiger partial charge in [-0.05, 0) is 0 Å². The molecule has 2 aromatic heterocycles. The smallest absolute Gasteiger partial charge is 0.277 e. The fourth-order valence-corrected chi connectivity index (χ4v) is 2.65. The van der Waals surface area contributed by atoms with Crippen molar-refractivity contribution in [3.05, 3.63) is 16.4 Å². The number of aromatic nitrogens is 3. The molecule has 120 valence electrons. The molecule has 0 radical (unpaired) electrons. The zero-order chi connectivity index (χ0) is 16.0. The summed E-state index contributed by atoms with van der Waals surface area (Å²) in [4.78, 5) is 18.5. The maximum absolute atomic E-state index is 11.9. The van der Waals surface area contributed by atoms with Crippen molar-refractivity contribution in [3.8, 4) is 0 Å². The maximum Gasteiger partial charge on any atom is 0.277 e. The Hall–Kier alpha value is -2.14. The van der Waals surface area contributed by atoms with Crippen LogP contribution in [-0.4, -0.2) is 61.8 Å². The Labute approximate surface area is 124 Å². The lowest BCUT2D eigenvalue weighted by molar-refractivity contribution is -0.0499. The molecule has 0 saturated carbocycles. The van der Waals surface area contributed by atoms with Crippen molar-refractivity contribution in [2.24, 2.45) is 0 Å². The Morgan fingerprint density at radius 3 is 2.82 bits per heavy atom. The Morgan fingerprint density at radius 1 is 1.50 bits per heavy atom. The van der Waals surface area contributed by atoms with Gasteiger partial charge in [-0.15, -0.1) is 0 Å². The molecular weight excluding hydrogens is 294 g/mol. The van der Waals surface area contributed by atoms with Gasteiger partial charge in [-0.3, -0.25) is 9.36 Å². The lowest BCUT2D eigenvalue weighted by Crippen LogP contribution is -2.33. The van der Waals surface area contributed by atoms with E-state index in [-0.39, 0.29) is 17.3 Å². The summed E-state index contributed by atoms with van der Waals surface area (Å²) in [5.74, 6) is 0.397. The monoisotopic (exact) mass is 311 g/mol. The summed E-state index contributed by atoms with van der Waals surface area (Å²) in [5.41, 5.74) is 5.64. The van der Waals surface area contributed by atoms with E-state index in [1.807, 2.05) is 0 Å². The SMILES string of the molecule is CNc1nc2c(=O)[nH]c(N)cc2n1[C@@H]1O[C@H](CO)C(O)C1O. The van der Waals surface area contributed by atoms with Crippen molar-refractivity contribution >= 4 is 22.8 Å². The standard InChI is InChI=1S/C12H17N5O5/c1-14-12-16-7-4(2-6(13)15-10(7)21)17(12)11-9(20)8(19)5(3-18)22-11/h2,5,8-9,11,18-20H,3H2,1H3,(H,14,16)(H3,13,15,21)/t5-,8?,9?,11-/m1/s1. The van der Waals surface area contributed by atoms with Crippen molar-refractivity contribution in [1.82, 2.24) is 14.5 Å². The quantitative estimate of drug-likeness (QED) is 0.378. The summed E-state index contributed by atoms with van der Waals surface area (Å²) < 4.78 is 6.92. The first kappa shape index (κ1) is 14.8. The number of nitrogen functional groups attached to an aromatic ring is 1. The van der Waals surface area contributed by atoms with Crippen LogP contribution in [-0.2, 0) is 4.74 Å². The Kier molecular flexibility index (Phi) is 3.53. The van der Waals surface area contributed by atoms with Crippen LogP contribution in [0.1, 0.15) is 6.23 Å². The highest BCUT2D eigenvalue weighted by molar-refractivity contribution is 5.80. The van der Waals surface area contributed by atoms with Crippen molar-refractivity contribution in [2.45, 2.75) is 24.5 Å². The number of H-pyrrole nitrogens is 1. The number of aliphatic hydroxyl groups excluding tert-OH is 3. The van der Waals surface area contributed by atoms with Gasteiger partial charge in [-0.2, -0.15) is 0 Å². The summed E-state index contributed by atoms with van der Waals surface area (Å²) in [6, 6.07) is 1.49. The molecule has 0 bridgehead atoms. The first-order valence-corrected chi connectivity index (χ1v) is 6.69. The van der Waals surface area contributed by atoms with E-state index in [1.165, 1.54) is 10.6 Å². The summed E-state index contributed by atoms with van der Waals surface area (Å²) in [5, 5.41) is 32.0. The average molecular weight is 311 g/mol. The van der Waals surface area contributed by atoms with Crippen LogP contribution in [0.15, 0.2) is 10.9 Å². The highest BCUT2D eigenvalue weighted by Crippen LogP contribution is 2.34. The predicted molar refractivity (Wildman–Crippen MR) is 77.3 cm³/mol. The number of anilines is 2. The first-order chi connectivity index (χ1) is 10.5. The van der Waals surface area contributed by atoms with Crippen LogP contribution in [0.3, 0.4) is 0 Å². The van der Waals surface area contributed by atoms with Gasteiger partial charge in [0.25, 0.3) is 5.56 Å². The number of hydrogen-bond acceptors (Lipinski definition) is 8. The number of imidazole rings is 1. The number of ether oxygens (including phenoxy) is 1. The molecule has 22 heavy (non-hydrogen) atoms. The van der Waals surface area contributed by atoms with E-state index in [0.717, 1.165) is 0 Å². The van der Waals surface area contributed by atoms with Crippen molar-refractivity contribution in [2.75, 3.05) is 24.7 Å². The van der Waals surface area contributed by atoms with Crippen LogP contribution in [0.2, 0.25) is 0 Å². The van der Waals surface area contributed by atoms with E-state index < -0.39 is 36.7 Å². The molecule has 1 aliphatic heterocycles. The van der Waals surface area contributed by atoms with Crippen molar-refractivity contribution in [3.63, 3.8) is 0 Å².